The van der Waals surface area contributed by atoms with Gasteiger partial charge in [-0.3, -0.25) is 4.98 Å². The van der Waals surface area contributed by atoms with Gasteiger partial charge in [0.25, 0.3) is 0 Å². The van der Waals surface area contributed by atoms with E-state index >= 15 is 0 Å². The van der Waals surface area contributed by atoms with Crippen molar-refractivity contribution in [2.75, 3.05) is 0 Å². The van der Waals surface area contributed by atoms with Gasteiger partial charge in [0.15, 0.2) is 11.8 Å². The Morgan fingerprint density at radius 2 is 1.76 bits per heavy atom. The van der Waals surface area contributed by atoms with E-state index in [2.05, 4.69) is 62.3 Å². The summed E-state index contributed by atoms with van der Waals surface area (Å²) >= 11 is 0. The van der Waals surface area contributed by atoms with Crippen molar-refractivity contribution >= 4 is 22.1 Å². The molecule has 0 radical (unpaired) electrons. The van der Waals surface area contributed by atoms with Crippen LogP contribution in [0.5, 0.6) is 0 Å². The van der Waals surface area contributed by atoms with Gasteiger partial charge in [-0.2, -0.15) is 4.57 Å². The molecule has 1 aliphatic rings. The van der Waals surface area contributed by atoms with Gasteiger partial charge in [0, 0.05) is 17.0 Å². The van der Waals surface area contributed by atoms with E-state index in [1.165, 1.54) is 28.5 Å². The molecule has 0 aliphatic heterocycles. The Hall–Kier alpha value is -2.75. The van der Waals surface area contributed by atoms with E-state index in [9.17, 15) is 0 Å². The summed E-state index contributed by atoms with van der Waals surface area (Å²) in [7, 11) is 2.07. The maximum atomic E-state index is 6.45. The first-order chi connectivity index (χ1) is 13.7. The van der Waals surface area contributed by atoms with Gasteiger partial charge >= 0.3 is 0 Å². The van der Waals surface area contributed by atoms with E-state index in [0.29, 0.717) is 5.71 Å². The molecular formula is C25H28N3O+. The van der Waals surface area contributed by atoms with Crippen LogP contribution < -0.4 is 4.57 Å². The van der Waals surface area contributed by atoms with Crippen LogP contribution in [0.3, 0.4) is 0 Å². The lowest BCUT2D eigenvalue weighted by Gasteiger charge is -2.43. The first-order valence-electron chi connectivity index (χ1n) is 10.4. The highest BCUT2D eigenvalue weighted by Gasteiger charge is 2.42. The Balaban J connectivity index is 2.09. The molecule has 0 unspecified atom stereocenters. The number of nitrogens with zero attached hydrogens (tertiary/aromatic N) is 3. The summed E-state index contributed by atoms with van der Waals surface area (Å²) in [5, 5.41) is 2.34. The number of pyridine rings is 1. The van der Waals surface area contributed by atoms with Crippen LogP contribution in [0.2, 0.25) is 0 Å². The summed E-state index contributed by atoms with van der Waals surface area (Å²) in [6.45, 7) is 11.8. The number of hydrogen-bond donors (Lipinski definition) is 0. The second-order valence-electron chi connectivity index (χ2n) is 9.75. The fourth-order valence-electron chi connectivity index (χ4n) is 5.34. The molecule has 1 aliphatic carbocycles. The molecule has 29 heavy (non-hydrogen) atoms. The molecule has 5 rings (SSSR count). The van der Waals surface area contributed by atoms with E-state index in [4.69, 9.17) is 4.42 Å². The molecule has 0 saturated heterocycles. The van der Waals surface area contributed by atoms with Crippen molar-refractivity contribution < 1.29 is 8.98 Å². The Morgan fingerprint density at radius 1 is 1.03 bits per heavy atom. The first-order valence-corrected chi connectivity index (χ1v) is 10.4. The SMILES string of the molecule is Cc1c2c(c3c(oc4ncccc43)c1-c1cncc[n+]1C)C(C)(C)CCC2(C)C. The minimum atomic E-state index is 0.0795. The Bertz CT molecular complexity index is 1280. The third kappa shape index (κ3) is 2.48. The van der Waals surface area contributed by atoms with Gasteiger partial charge in [0.2, 0.25) is 11.4 Å². The summed E-state index contributed by atoms with van der Waals surface area (Å²) in [6.07, 6.45) is 9.90. The summed E-state index contributed by atoms with van der Waals surface area (Å²) in [5.74, 6) is 0. The topological polar surface area (TPSA) is 42.8 Å². The average Bonchev–Trinajstić information content (AvgIpc) is 3.04. The minimum Gasteiger partial charge on any atom is -0.437 e. The summed E-state index contributed by atoms with van der Waals surface area (Å²) in [4.78, 5) is 8.97. The van der Waals surface area contributed by atoms with Crippen LogP contribution in [0.1, 0.15) is 57.2 Å². The van der Waals surface area contributed by atoms with E-state index in [-0.39, 0.29) is 10.8 Å². The Labute approximate surface area is 171 Å². The van der Waals surface area contributed by atoms with Crippen molar-refractivity contribution in [2.45, 2.75) is 58.3 Å². The number of furan rings is 1. The quantitative estimate of drug-likeness (QED) is 0.404. The summed E-state index contributed by atoms with van der Waals surface area (Å²) < 4.78 is 8.58. The van der Waals surface area contributed by atoms with Crippen LogP contribution in [-0.2, 0) is 17.9 Å². The molecule has 0 spiro atoms. The van der Waals surface area contributed by atoms with E-state index in [1.54, 1.807) is 0 Å². The maximum absolute atomic E-state index is 6.45. The van der Waals surface area contributed by atoms with E-state index in [1.807, 2.05) is 30.9 Å². The minimum absolute atomic E-state index is 0.0795. The average molecular weight is 387 g/mol. The van der Waals surface area contributed by atoms with Crippen LogP contribution in [0, 0.1) is 6.92 Å². The summed E-state index contributed by atoms with van der Waals surface area (Å²) in [5.41, 5.74) is 8.23. The largest absolute Gasteiger partial charge is 0.437 e. The molecule has 3 aromatic heterocycles. The lowest BCUT2D eigenvalue weighted by Crippen LogP contribution is -2.36. The Morgan fingerprint density at radius 3 is 2.48 bits per heavy atom. The zero-order chi connectivity index (χ0) is 20.6. The third-order valence-corrected chi connectivity index (χ3v) is 6.88. The standard InChI is InChI=1S/C25H28N3O/c1-15-18(17-14-26-12-13-28(17)6)22-19(16-8-7-11-27-23(16)29-22)21-20(15)24(2,3)9-10-25(21,4)5/h7-8,11-14H,9-10H2,1-6H3/q+1. The molecule has 0 atom stereocenters. The number of rotatable bonds is 1. The summed E-state index contributed by atoms with van der Waals surface area (Å²) in [6, 6.07) is 4.16. The molecule has 0 bridgehead atoms. The van der Waals surface area contributed by atoms with Gasteiger partial charge < -0.3 is 4.42 Å². The van der Waals surface area contributed by atoms with Crippen LogP contribution >= 0.6 is 0 Å². The van der Waals surface area contributed by atoms with Gasteiger partial charge in [0.1, 0.15) is 7.05 Å². The van der Waals surface area contributed by atoms with Crippen molar-refractivity contribution in [2.24, 2.45) is 7.05 Å². The van der Waals surface area contributed by atoms with Crippen molar-refractivity contribution in [1.29, 1.82) is 0 Å². The monoisotopic (exact) mass is 386 g/mol. The van der Waals surface area contributed by atoms with Crippen molar-refractivity contribution in [3.05, 3.63) is 53.6 Å². The molecule has 3 heterocycles. The molecule has 0 amide bonds. The highest BCUT2D eigenvalue weighted by molar-refractivity contribution is 6.12. The van der Waals surface area contributed by atoms with Crippen LogP contribution in [0.4, 0.5) is 0 Å². The highest BCUT2D eigenvalue weighted by Crippen LogP contribution is 2.53. The van der Waals surface area contributed by atoms with Gasteiger partial charge in [-0.1, -0.05) is 27.7 Å². The second-order valence-corrected chi connectivity index (χ2v) is 9.75. The van der Waals surface area contributed by atoms with Crippen molar-refractivity contribution in [3.63, 3.8) is 0 Å². The normalized spacial score (nSPS) is 17.6. The second kappa shape index (κ2) is 5.88. The van der Waals surface area contributed by atoms with Gasteiger partial charge in [0.05, 0.1) is 18.0 Å². The van der Waals surface area contributed by atoms with E-state index < -0.39 is 0 Å². The molecule has 0 N–H and O–H groups in total. The fraction of sp³-hybridized carbons (Fsp3) is 0.400. The number of benzene rings is 1. The van der Waals surface area contributed by atoms with Crippen molar-refractivity contribution in [3.8, 4) is 11.3 Å². The number of aryl methyl sites for hydroxylation is 1. The molecule has 4 heteroatoms. The van der Waals surface area contributed by atoms with Gasteiger partial charge in [-0.05, 0) is 59.4 Å². The molecule has 1 aromatic carbocycles. The predicted molar refractivity (Wildman–Crippen MR) is 116 cm³/mol. The zero-order valence-electron chi connectivity index (χ0n) is 18.1. The van der Waals surface area contributed by atoms with Gasteiger partial charge in [-0.15, -0.1) is 0 Å². The number of fused-ring (bicyclic) bond motifs is 5. The molecule has 0 fully saturated rings. The fourth-order valence-corrected chi connectivity index (χ4v) is 5.34. The number of aromatic nitrogens is 3. The smallest absolute Gasteiger partial charge is 0.234 e. The molecule has 4 aromatic rings. The molecule has 148 valence electrons. The molecule has 0 saturated carbocycles. The van der Waals surface area contributed by atoms with Crippen LogP contribution in [0.15, 0.2) is 41.3 Å². The third-order valence-electron chi connectivity index (χ3n) is 6.88. The van der Waals surface area contributed by atoms with Crippen molar-refractivity contribution in [1.82, 2.24) is 9.97 Å². The zero-order valence-corrected chi connectivity index (χ0v) is 18.1. The first kappa shape index (κ1) is 18.3. The highest BCUT2D eigenvalue weighted by atomic mass is 16.3. The lowest BCUT2D eigenvalue weighted by atomic mass is 9.60. The van der Waals surface area contributed by atoms with Gasteiger partial charge in [-0.25, -0.2) is 4.98 Å². The van der Waals surface area contributed by atoms with E-state index in [0.717, 1.165) is 28.6 Å². The maximum Gasteiger partial charge on any atom is 0.234 e. The Kier molecular flexibility index (Phi) is 3.71. The van der Waals surface area contributed by atoms with Crippen LogP contribution in [-0.4, -0.2) is 9.97 Å². The molecular weight excluding hydrogens is 358 g/mol. The molecule has 4 nitrogen and oxygen atoms in total. The van der Waals surface area contributed by atoms with Crippen LogP contribution in [0.25, 0.3) is 33.3 Å². The lowest BCUT2D eigenvalue weighted by molar-refractivity contribution is -0.660. The number of hydrogen-bond acceptors (Lipinski definition) is 3. The predicted octanol–water partition coefficient (Wildman–Crippen LogP) is 5.52.